The molecule has 0 spiro atoms. The zero-order valence-electron chi connectivity index (χ0n) is 12.9. The fraction of sp³-hybridized carbons (Fsp3) is 0.235. The summed E-state index contributed by atoms with van der Waals surface area (Å²) in [6, 6.07) is 7.56. The predicted octanol–water partition coefficient (Wildman–Crippen LogP) is 3.39. The van der Waals surface area contributed by atoms with Crippen molar-refractivity contribution >= 4 is 5.97 Å². The normalized spacial score (nSPS) is 10.4. The van der Waals surface area contributed by atoms with Crippen molar-refractivity contribution in [2.24, 2.45) is 0 Å². The van der Waals surface area contributed by atoms with E-state index >= 15 is 0 Å². The fourth-order valence-corrected chi connectivity index (χ4v) is 2.63. The van der Waals surface area contributed by atoms with Gasteiger partial charge in [-0.25, -0.2) is 4.79 Å². The molecule has 116 valence electrons. The second-order valence-corrected chi connectivity index (χ2v) is 4.91. The van der Waals surface area contributed by atoms with Gasteiger partial charge >= 0.3 is 5.97 Å². The number of carbonyl (C=O) groups is 1. The Balaban J connectivity index is 2.97. The van der Waals surface area contributed by atoms with Crippen LogP contribution in [-0.2, 0) is 0 Å². The lowest BCUT2D eigenvalue weighted by Crippen LogP contribution is -2.06. The summed E-state index contributed by atoms with van der Waals surface area (Å²) in [5.41, 5.74) is 2.64. The van der Waals surface area contributed by atoms with E-state index in [4.69, 9.17) is 9.47 Å². The summed E-state index contributed by atoms with van der Waals surface area (Å²) in [6.07, 6.45) is 0. The van der Waals surface area contributed by atoms with Gasteiger partial charge in [-0.2, -0.15) is 0 Å². The second kappa shape index (κ2) is 5.97. The van der Waals surface area contributed by atoms with Gasteiger partial charge in [-0.1, -0.05) is 24.3 Å². The Kier molecular flexibility index (Phi) is 4.26. The van der Waals surface area contributed by atoms with Crippen LogP contribution in [0.15, 0.2) is 24.3 Å². The highest BCUT2D eigenvalue weighted by Gasteiger charge is 2.28. The lowest BCUT2D eigenvalue weighted by Gasteiger charge is -2.20. The lowest BCUT2D eigenvalue weighted by atomic mass is 9.91. The monoisotopic (exact) mass is 302 g/mol. The number of carboxylic acids is 1. The molecule has 2 rings (SSSR count). The van der Waals surface area contributed by atoms with Crippen LogP contribution < -0.4 is 9.47 Å². The number of hydrogen-bond acceptors (Lipinski definition) is 4. The van der Waals surface area contributed by atoms with Gasteiger partial charge in [0.05, 0.1) is 14.2 Å². The van der Waals surface area contributed by atoms with E-state index in [1.165, 1.54) is 14.2 Å². The van der Waals surface area contributed by atoms with E-state index in [0.717, 1.165) is 11.1 Å². The van der Waals surface area contributed by atoms with Crippen LogP contribution in [-0.4, -0.2) is 30.4 Å². The maximum Gasteiger partial charge on any atom is 0.339 e. The molecule has 0 aliphatic rings. The minimum Gasteiger partial charge on any atom is -0.504 e. The molecule has 2 aromatic carbocycles. The number of aromatic carboxylic acids is 1. The third kappa shape index (κ3) is 2.35. The maximum atomic E-state index is 11.5. The summed E-state index contributed by atoms with van der Waals surface area (Å²) in [7, 11) is 2.82. The first kappa shape index (κ1) is 15.7. The average Bonchev–Trinajstić information content (AvgIpc) is 2.47. The fourth-order valence-electron chi connectivity index (χ4n) is 2.63. The summed E-state index contributed by atoms with van der Waals surface area (Å²) in [5.74, 6) is -1.31. The molecule has 0 fully saturated rings. The third-order valence-corrected chi connectivity index (χ3v) is 3.67. The topological polar surface area (TPSA) is 76.0 Å². The highest BCUT2D eigenvalue weighted by atomic mass is 16.5. The van der Waals surface area contributed by atoms with Crippen LogP contribution in [0.3, 0.4) is 0 Å². The molecule has 5 nitrogen and oxygen atoms in total. The molecule has 5 heteroatoms. The van der Waals surface area contributed by atoms with Crippen LogP contribution in [0.2, 0.25) is 0 Å². The minimum absolute atomic E-state index is 0.0174. The molecule has 2 N–H and O–H groups in total. The van der Waals surface area contributed by atoms with Gasteiger partial charge in [-0.15, -0.1) is 0 Å². The zero-order chi connectivity index (χ0) is 16.4. The molecule has 0 radical (unpaired) electrons. The molecule has 0 atom stereocenters. The largest absolute Gasteiger partial charge is 0.504 e. The van der Waals surface area contributed by atoms with Crippen molar-refractivity contribution in [3.05, 3.63) is 41.0 Å². The van der Waals surface area contributed by atoms with Crippen molar-refractivity contribution in [2.45, 2.75) is 13.8 Å². The van der Waals surface area contributed by atoms with Crippen LogP contribution in [0.5, 0.6) is 17.2 Å². The summed E-state index contributed by atoms with van der Waals surface area (Å²) in [4.78, 5) is 11.5. The van der Waals surface area contributed by atoms with Gasteiger partial charge in [-0.05, 0) is 30.5 Å². The number of hydrogen-bond donors (Lipinski definition) is 2. The molecule has 0 saturated carbocycles. The van der Waals surface area contributed by atoms with Crippen LogP contribution >= 0.6 is 0 Å². The van der Waals surface area contributed by atoms with Crippen molar-refractivity contribution in [1.82, 2.24) is 0 Å². The van der Waals surface area contributed by atoms with Crippen molar-refractivity contribution in [3.8, 4) is 28.4 Å². The van der Waals surface area contributed by atoms with Crippen molar-refractivity contribution < 1.29 is 24.5 Å². The summed E-state index contributed by atoms with van der Waals surface area (Å²) in [6.45, 7) is 3.57. The zero-order valence-corrected chi connectivity index (χ0v) is 12.9. The number of benzene rings is 2. The summed E-state index contributed by atoms with van der Waals surface area (Å²) >= 11 is 0. The second-order valence-electron chi connectivity index (χ2n) is 4.91. The molecule has 0 bridgehead atoms. The molecule has 0 saturated heterocycles. The first-order valence-corrected chi connectivity index (χ1v) is 6.70. The minimum atomic E-state index is -1.22. The number of rotatable bonds is 4. The van der Waals surface area contributed by atoms with Crippen LogP contribution in [0, 0.1) is 13.8 Å². The Hall–Kier alpha value is -2.69. The van der Waals surface area contributed by atoms with Crippen molar-refractivity contribution in [3.63, 3.8) is 0 Å². The number of ether oxygens (including phenoxy) is 2. The highest BCUT2D eigenvalue weighted by molar-refractivity contribution is 5.98. The molecule has 0 aromatic heterocycles. The quantitative estimate of drug-likeness (QED) is 0.905. The molecule has 22 heavy (non-hydrogen) atoms. The third-order valence-electron chi connectivity index (χ3n) is 3.67. The predicted molar refractivity (Wildman–Crippen MR) is 83.1 cm³/mol. The SMILES string of the molecule is COc1c(O)c(C(=O)O)c(C)c(-c2ccccc2C)c1OC. The first-order chi connectivity index (χ1) is 10.4. The number of methoxy groups -OCH3 is 2. The Bertz CT molecular complexity index is 734. The van der Waals surface area contributed by atoms with Gasteiger partial charge in [0.25, 0.3) is 0 Å². The van der Waals surface area contributed by atoms with E-state index in [2.05, 4.69) is 0 Å². The Morgan fingerprint density at radius 1 is 1.05 bits per heavy atom. The molecular formula is C17H18O5. The first-order valence-electron chi connectivity index (χ1n) is 6.70. The molecule has 0 unspecified atom stereocenters. The number of aromatic hydroxyl groups is 1. The molecule has 0 heterocycles. The van der Waals surface area contributed by atoms with Crippen LogP contribution in [0.4, 0.5) is 0 Å². The van der Waals surface area contributed by atoms with Gasteiger partial charge in [0, 0.05) is 5.56 Å². The standard InChI is InChI=1S/C17H18O5/c1-9-7-5-6-8-11(9)12-10(2)13(17(19)20)14(18)16(22-4)15(12)21-3/h5-8,18H,1-4H3,(H,19,20). The molecular weight excluding hydrogens is 284 g/mol. The number of phenols is 1. The van der Waals surface area contributed by atoms with Crippen molar-refractivity contribution in [2.75, 3.05) is 14.2 Å². The Morgan fingerprint density at radius 2 is 1.64 bits per heavy atom. The van der Waals surface area contributed by atoms with E-state index in [1.807, 2.05) is 31.2 Å². The smallest absolute Gasteiger partial charge is 0.339 e. The van der Waals surface area contributed by atoms with E-state index in [9.17, 15) is 15.0 Å². The van der Waals surface area contributed by atoms with E-state index in [0.29, 0.717) is 16.9 Å². The van der Waals surface area contributed by atoms with Crippen LogP contribution in [0.25, 0.3) is 11.1 Å². The maximum absolute atomic E-state index is 11.5. The van der Waals surface area contributed by atoms with Gasteiger partial charge in [0.15, 0.2) is 11.5 Å². The van der Waals surface area contributed by atoms with Crippen molar-refractivity contribution in [1.29, 1.82) is 0 Å². The van der Waals surface area contributed by atoms with Gasteiger partial charge in [0.1, 0.15) is 5.56 Å². The molecule has 0 aliphatic heterocycles. The number of carboxylic acid groups (broad SMARTS) is 1. The van der Waals surface area contributed by atoms with Crippen LogP contribution in [0.1, 0.15) is 21.5 Å². The van der Waals surface area contributed by atoms with Gasteiger partial charge < -0.3 is 19.7 Å². The van der Waals surface area contributed by atoms with E-state index in [-0.39, 0.29) is 11.3 Å². The Labute approximate surface area is 128 Å². The number of aryl methyl sites for hydroxylation is 1. The summed E-state index contributed by atoms with van der Waals surface area (Å²) in [5, 5.41) is 19.6. The highest BCUT2D eigenvalue weighted by Crippen LogP contribution is 2.49. The van der Waals surface area contributed by atoms with Gasteiger partial charge in [0.2, 0.25) is 5.75 Å². The molecule has 0 amide bonds. The van der Waals surface area contributed by atoms with E-state index < -0.39 is 11.7 Å². The van der Waals surface area contributed by atoms with Gasteiger partial charge in [-0.3, -0.25) is 0 Å². The molecule has 2 aromatic rings. The summed E-state index contributed by atoms with van der Waals surface area (Å²) < 4.78 is 10.6. The molecule has 0 aliphatic carbocycles. The average molecular weight is 302 g/mol. The Morgan fingerprint density at radius 3 is 2.14 bits per heavy atom. The van der Waals surface area contributed by atoms with E-state index in [1.54, 1.807) is 6.92 Å². The lowest BCUT2D eigenvalue weighted by molar-refractivity contribution is 0.0692.